The molecule has 5 rings (SSSR count). The van der Waals surface area contributed by atoms with E-state index in [-0.39, 0.29) is 32.3 Å². The number of aromatic nitrogens is 4. The quantitative estimate of drug-likeness (QED) is 0.189. The van der Waals surface area contributed by atoms with Crippen molar-refractivity contribution in [2.75, 3.05) is 0 Å². The molecular formula is C34H38N4O4Zn+2. The maximum Gasteiger partial charge on any atom is 2.00 e. The number of hydrogen-bond acceptors (Lipinski definition) is 4. The van der Waals surface area contributed by atoms with E-state index < -0.39 is 11.9 Å². The molecule has 0 fully saturated rings. The van der Waals surface area contributed by atoms with Gasteiger partial charge in [0.25, 0.3) is 0 Å². The Labute approximate surface area is 264 Å². The number of nitrogens with one attached hydrogen (secondary N) is 2. The van der Waals surface area contributed by atoms with Gasteiger partial charge in [-0.05, 0) is 122 Å². The number of aromatic amines is 2. The van der Waals surface area contributed by atoms with E-state index in [9.17, 15) is 19.8 Å². The van der Waals surface area contributed by atoms with Gasteiger partial charge in [-0.3, -0.25) is 9.59 Å². The summed E-state index contributed by atoms with van der Waals surface area (Å²) in [5, 5.41) is 18.9. The Morgan fingerprint density at radius 2 is 1.02 bits per heavy atom. The van der Waals surface area contributed by atoms with Gasteiger partial charge in [0, 0.05) is 34.9 Å². The van der Waals surface area contributed by atoms with Crippen LogP contribution in [-0.2, 0) is 41.9 Å². The predicted molar refractivity (Wildman–Crippen MR) is 168 cm³/mol. The van der Waals surface area contributed by atoms with Crippen molar-refractivity contribution >= 4 is 56.3 Å². The maximum atomic E-state index is 11.5. The molecule has 5 heterocycles. The SMILES string of the molecule is CCc1c(C)c2cc3[nH]c(cc4nc(cc5nc(cc1[nH]2)C(C)=C5CCC(=O)O)C(CCC(=O)O)=C4C)c(C)c3CC.[Zn+2]. The van der Waals surface area contributed by atoms with E-state index in [0.717, 1.165) is 74.2 Å². The largest absolute Gasteiger partial charge is 2.00 e. The molecule has 0 aromatic carbocycles. The Morgan fingerprint density at radius 1 is 0.628 bits per heavy atom. The molecule has 9 heteroatoms. The zero-order valence-corrected chi connectivity index (χ0v) is 28.8. The van der Waals surface area contributed by atoms with Crippen LogP contribution in [0.1, 0.15) is 98.4 Å². The van der Waals surface area contributed by atoms with Gasteiger partial charge in [0.2, 0.25) is 0 Å². The van der Waals surface area contributed by atoms with Gasteiger partial charge in [0.1, 0.15) is 0 Å². The number of aliphatic carboxylic acids is 2. The topological polar surface area (TPSA) is 132 Å². The molecule has 3 aromatic heterocycles. The van der Waals surface area contributed by atoms with Crippen LogP contribution in [0.4, 0.5) is 0 Å². The second-order valence-corrected chi connectivity index (χ2v) is 11.2. The molecule has 218 valence electrons. The van der Waals surface area contributed by atoms with Crippen molar-refractivity contribution < 1.29 is 39.3 Å². The molecule has 43 heavy (non-hydrogen) atoms. The monoisotopic (exact) mass is 630 g/mol. The number of H-pyrrole nitrogens is 2. The van der Waals surface area contributed by atoms with Gasteiger partial charge < -0.3 is 20.2 Å². The smallest absolute Gasteiger partial charge is 0.481 e. The molecule has 8 bridgehead atoms. The fourth-order valence-electron chi connectivity index (χ4n) is 6.22. The van der Waals surface area contributed by atoms with Crippen molar-refractivity contribution in [3.63, 3.8) is 0 Å². The first-order valence-corrected chi connectivity index (χ1v) is 14.6. The molecule has 0 atom stereocenters. The van der Waals surface area contributed by atoms with Gasteiger partial charge >= 0.3 is 31.4 Å². The molecular weight excluding hydrogens is 594 g/mol. The third-order valence-corrected chi connectivity index (χ3v) is 8.69. The Balaban J connectivity index is 0.00000423. The average Bonchev–Trinajstić information content (AvgIpc) is 3.59. The van der Waals surface area contributed by atoms with E-state index in [1.54, 1.807) is 0 Å². The summed E-state index contributed by atoms with van der Waals surface area (Å²) in [6.45, 7) is 12.5. The van der Waals surface area contributed by atoms with Gasteiger partial charge in [-0.1, -0.05) is 13.8 Å². The fourth-order valence-corrected chi connectivity index (χ4v) is 6.22. The van der Waals surface area contributed by atoms with Crippen LogP contribution in [0.3, 0.4) is 0 Å². The zero-order chi connectivity index (χ0) is 30.3. The van der Waals surface area contributed by atoms with Crippen molar-refractivity contribution in [1.29, 1.82) is 0 Å². The molecule has 0 saturated carbocycles. The number of nitrogens with zero attached hydrogens (tertiary/aromatic N) is 2. The van der Waals surface area contributed by atoms with Crippen LogP contribution in [0.5, 0.6) is 0 Å². The summed E-state index contributed by atoms with van der Waals surface area (Å²) in [5.41, 5.74) is 15.4. The number of allylic oxidation sites excluding steroid dienone is 4. The van der Waals surface area contributed by atoms with E-state index in [0.29, 0.717) is 24.2 Å². The van der Waals surface area contributed by atoms with E-state index in [1.165, 1.54) is 16.7 Å². The molecule has 2 aliphatic rings. The summed E-state index contributed by atoms with van der Waals surface area (Å²) >= 11 is 0. The predicted octanol–water partition coefficient (Wildman–Crippen LogP) is 7.64. The molecule has 2 aliphatic heterocycles. The van der Waals surface area contributed by atoms with Crippen LogP contribution in [0.15, 0.2) is 24.3 Å². The summed E-state index contributed by atoms with van der Waals surface area (Å²) in [6, 6.07) is 8.19. The minimum absolute atomic E-state index is 0. The Morgan fingerprint density at radius 3 is 1.44 bits per heavy atom. The van der Waals surface area contributed by atoms with E-state index >= 15 is 0 Å². The second-order valence-electron chi connectivity index (χ2n) is 11.2. The first kappa shape index (κ1) is 32.1. The molecule has 0 unspecified atom stereocenters. The van der Waals surface area contributed by atoms with Crippen LogP contribution in [0, 0.1) is 13.8 Å². The van der Waals surface area contributed by atoms with Crippen molar-refractivity contribution in [1.82, 2.24) is 19.9 Å². The first-order valence-electron chi connectivity index (χ1n) is 14.6. The number of carboxylic acid groups (broad SMARTS) is 2. The molecule has 0 aliphatic carbocycles. The third kappa shape index (κ3) is 6.14. The standard InChI is InChI=1S/C34H38N4O4.Zn/c1-7-21-17(3)25-13-26-19(5)23(9-11-33(39)40)31(37-26)16-32-24(10-12-34(41)42)20(6)28(38-32)15-30-22(8-2)18(4)27(36-30)14-29(21)35-25;/h13-16,35-36H,7-12H2,1-6H3,(H,39,40)(H,41,42);/q;+2. The van der Waals surface area contributed by atoms with Crippen LogP contribution in [0.2, 0.25) is 0 Å². The molecule has 0 radical (unpaired) electrons. The molecule has 3 aromatic rings. The molecule has 0 amide bonds. The molecule has 0 spiro atoms. The number of hydrogen-bond donors (Lipinski definition) is 4. The maximum absolute atomic E-state index is 11.5. The Kier molecular flexibility index (Phi) is 9.55. The number of carbonyl (C=O) groups is 2. The van der Waals surface area contributed by atoms with Gasteiger partial charge in [0.05, 0.1) is 22.8 Å². The van der Waals surface area contributed by atoms with Crippen LogP contribution < -0.4 is 0 Å². The summed E-state index contributed by atoms with van der Waals surface area (Å²) in [4.78, 5) is 40.3. The Hall–Kier alpha value is -3.84. The van der Waals surface area contributed by atoms with Gasteiger partial charge in [-0.25, -0.2) is 9.97 Å². The van der Waals surface area contributed by atoms with Crippen LogP contribution >= 0.6 is 0 Å². The second kappa shape index (κ2) is 12.8. The molecule has 8 nitrogen and oxygen atoms in total. The summed E-state index contributed by atoms with van der Waals surface area (Å²) in [6.07, 6.45) is 2.37. The number of fused-ring (bicyclic) bond motifs is 8. The fraction of sp³-hybridized carbons (Fsp3) is 0.353. The molecule has 0 saturated heterocycles. The average molecular weight is 632 g/mol. The summed E-state index contributed by atoms with van der Waals surface area (Å²) < 4.78 is 0. The summed E-state index contributed by atoms with van der Waals surface area (Å²) in [5.74, 6) is -1.74. The molecule has 4 N–H and O–H groups in total. The number of rotatable bonds is 8. The number of carboxylic acids is 2. The van der Waals surface area contributed by atoms with Crippen molar-refractivity contribution in [3.8, 4) is 0 Å². The minimum Gasteiger partial charge on any atom is -0.481 e. The van der Waals surface area contributed by atoms with E-state index in [2.05, 4.69) is 49.8 Å². The first-order chi connectivity index (χ1) is 20.0. The van der Waals surface area contributed by atoms with Gasteiger partial charge in [-0.15, -0.1) is 0 Å². The minimum atomic E-state index is -0.869. The Bertz CT molecular complexity index is 1860. The van der Waals surface area contributed by atoms with Crippen molar-refractivity contribution in [3.05, 3.63) is 69.3 Å². The van der Waals surface area contributed by atoms with Crippen LogP contribution in [-0.4, -0.2) is 42.1 Å². The van der Waals surface area contributed by atoms with Gasteiger partial charge in [-0.2, -0.15) is 0 Å². The van der Waals surface area contributed by atoms with Crippen LogP contribution in [0.25, 0.3) is 44.4 Å². The zero-order valence-electron chi connectivity index (χ0n) is 25.9. The third-order valence-electron chi connectivity index (χ3n) is 8.69. The van der Waals surface area contributed by atoms with Crippen molar-refractivity contribution in [2.45, 2.75) is 80.1 Å². The normalized spacial score (nSPS) is 13.0. The summed E-state index contributed by atoms with van der Waals surface area (Å²) in [7, 11) is 0. The number of aryl methyl sites for hydroxylation is 4. The van der Waals surface area contributed by atoms with Gasteiger partial charge in [0.15, 0.2) is 0 Å². The van der Waals surface area contributed by atoms with Crippen molar-refractivity contribution in [2.24, 2.45) is 0 Å². The van der Waals surface area contributed by atoms with E-state index in [1.807, 2.05) is 26.0 Å². The van der Waals surface area contributed by atoms with E-state index in [4.69, 9.17) is 9.97 Å².